The van der Waals surface area contributed by atoms with E-state index in [0.717, 1.165) is 0 Å². The second kappa shape index (κ2) is 6.91. The van der Waals surface area contributed by atoms with Crippen molar-refractivity contribution in [2.75, 3.05) is 6.61 Å². The number of alkyl halides is 3. The second-order valence-corrected chi connectivity index (χ2v) is 4.80. The zero-order chi connectivity index (χ0) is 14.5. The third-order valence-corrected chi connectivity index (χ3v) is 2.81. The van der Waals surface area contributed by atoms with Gasteiger partial charge in [0, 0.05) is 0 Å². The Kier molecular flexibility index (Phi) is 5.82. The van der Waals surface area contributed by atoms with Crippen LogP contribution < -0.4 is 0 Å². The third-order valence-electron chi connectivity index (χ3n) is 2.81. The molecule has 108 valence electrons. The monoisotopic (exact) mass is 276 g/mol. The van der Waals surface area contributed by atoms with Crippen molar-refractivity contribution in [3.63, 3.8) is 0 Å². The molecular formula is C14H19F3O2. The summed E-state index contributed by atoms with van der Waals surface area (Å²) in [5.41, 5.74) is 0.646. The average molecular weight is 276 g/mol. The normalized spacial score (nSPS) is 15.5. The molecule has 1 N–H and O–H groups in total. The van der Waals surface area contributed by atoms with Crippen molar-refractivity contribution in [3.8, 4) is 0 Å². The Morgan fingerprint density at radius 2 is 1.74 bits per heavy atom. The quantitative estimate of drug-likeness (QED) is 0.858. The van der Waals surface area contributed by atoms with Crippen LogP contribution in [0.25, 0.3) is 0 Å². The maximum Gasteiger partial charge on any atom is 0.391 e. The predicted molar refractivity (Wildman–Crippen MR) is 66.7 cm³/mol. The summed E-state index contributed by atoms with van der Waals surface area (Å²) in [6.07, 6.45) is -6.81. The lowest BCUT2D eigenvalue weighted by molar-refractivity contribution is -0.157. The Morgan fingerprint density at radius 3 is 2.21 bits per heavy atom. The number of halogens is 3. The van der Waals surface area contributed by atoms with Crippen LogP contribution in [-0.4, -0.2) is 24.0 Å². The maximum atomic E-state index is 12.1. The van der Waals surface area contributed by atoms with E-state index in [1.807, 2.05) is 19.9 Å². The van der Waals surface area contributed by atoms with Crippen LogP contribution in [0.2, 0.25) is 0 Å². The first-order valence-corrected chi connectivity index (χ1v) is 6.22. The molecule has 0 saturated carbocycles. The summed E-state index contributed by atoms with van der Waals surface area (Å²) in [6.45, 7) is 3.19. The Hall–Kier alpha value is -1.07. The van der Waals surface area contributed by atoms with Gasteiger partial charge in [0.25, 0.3) is 0 Å². The van der Waals surface area contributed by atoms with Gasteiger partial charge >= 0.3 is 6.18 Å². The van der Waals surface area contributed by atoms with Gasteiger partial charge in [-0.05, 0) is 11.5 Å². The first-order valence-electron chi connectivity index (χ1n) is 6.22. The minimum atomic E-state index is -4.24. The zero-order valence-electron chi connectivity index (χ0n) is 11.0. The molecule has 0 aliphatic heterocycles. The molecule has 0 heterocycles. The van der Waals surface area contributed by atoms with Gasteiger partial charge in [-0.15, -0.1) is 0 Å². The molecule has 0 fully saturated rings. The highest BCUT2D eigenvalue weighted by Gasteiger charge is 2.30. The van der Waals surface area contributed by atoms with E-state index in [9.17, 15) is 18.3 Å². The van der Waals surface area contributed by atoms with Gasteiger partial charge in [0.05, 0.1) is 19.1 Å². The van der Waals surface area contributed by atoms with E-state index in [1.165, 1.54) is 0 Å². The van der Waals surface area contributed by atoms with Crippen LogP contribution in [0.4, 0.5) is 13.2 Å². The standard InChI is InChI=1S/C14H19F3O2/c1-10(2)13(19-9-8-14(15,16)17)12(18)11-6-4-3-5-7-11/h3-7,10,12-13,18H,8-9H2,1-2H3. The molecule has 1 aromatic rings. The van der Waals surface area contributed by atoms with Gasteiger partial charge in [0.15, 0.2) is 0 Å². The highest BCUT2D eigenvalue weighted by Crippen LogP contribution is 2.26. The lowest BCUT2D eigenvalue weighted by Gasteiger charge is -2.27. The number of aliphatic hydroxyl groups excluding tert-OH is 1. The van der Waals surface area contributed by atoms with Gasteiger partial charge in [-0.3, -0.25) is 0 Å². The van der Waals surface area contributed by atoms with E-state index in [0.29, 0.717) is 5.56 Å². The average Bonchev–Trinajstić information content (AvgIpc) is 2.33. The van der Waals surface area contributed by atoms with E-state index in [-0.39, 0.29) is 5.92 Å². The molecule has 1 rings (SSSR count). The van der Waals surface area contributed by atoms with Gasteiger partial charge in [0.1, 0.15) is 6.10 Å². The number of ether oxygens (including phenoxy) is 1. The van der Waals surface area contributed by atoms with Gasteiger partial charge in [-0.1, -0.05) is 44.2 Å². The fourth-order valence-electron chi connectivity index (χ4n) is 1.80. The third kappa shape index (κ3) is 5.61. The van der Waals surface area contributed by atoms with Crippen LogP contribution >= 0.6 is 0 Å². The Morgan fingerprint density at radius 1 is 1.16 bits per heavy atom. The van der Waals surface area contributed by atoms with E-state index in [1.54, 1.807) is 24.3 Å². The summed E-state index contributed by atoms with van der Waals surface area (Å²) in [5, 5.41) is 10.2. The van der Waals surface area contributed by atoms with Gasteiger partial charge < -0.3 is 9.84 Å². The summed E-state index contributed by atoms with van der Waals surface area (Å²) in [4.78, 5) is 0. The molecule has 0 amide bonds. The summed E-state index contributed by atoms with van der Waals surface area (Å²) in [6, 6.07) is 8.81. The first kappa shape index (κ1) is 16.0. The minimum Gasteiger partial charge on any atom is -0.386 e. The summed E-state index contributed by atoms with van der Waals surface area (Å²) < 4.78 is 41.5. The topological polar surface area (TPSA) is 29.5 Å². The zero-order valence-corrected chi connectivity index (χ0v) is 11.0. The molecule has 19 heavy (non-hydrogen) atoms. The molecular weight excluding hydrogens is 257 g/mol. The van der Waals surface area contributed by atoms with Crippen LogP contribution in [-0.2, 0) is 4.74 Å². The smallest absolute Gasteiger partial charge is 0.386 e. The lowest BCUT2D eigenvalue weighted by atomic mass is 9.96. The molecule has 1 aromatic carbocycles. The van der Waals surface area contributed by atoms with Gasteiger partial charge in [-0.25, -0.2) is 0 Å². The molecule has 0 radical (unpaired) electrons. The molecule has 0 bridgehead atoms. The number of hydrogen-bond donors (Lipinski definition) is 1. The lowest BCUT2D eigenvalue weighted by Crippen LogP contribution is -2.29. The number of benzene rings is 1. The molecule has 0 aliphatic rings. The van der Waals surface area contributed by atoms with Crippen molar-refractivity contribution in [1.29, 1.82) is 0 Å². The van der Waals surface area contributed by atoms with Crippen molar-refractivity contribution in [3.05, 3.63) is 35.9 Å². The summed E-state index contributed by atoms with van der Waals surface area (Å²) in [7, 11) is 0. The number of rotatable bonds is 6. The van der Waals surface area contributed by atoms with Crippen LogP contribution in [0.5, 0.6) is 0 Å². The van der Waals surface area contributed by atoms with Crippen LogP contribution in [0.15, 0.2) is 30.3 Å². The van der Waals surface area contributed by atoms with Crippen LogP contribution in [0.3, 0.4) is 0 Å². The minimum absolute atomic E-state index is 0.0801. The Balaban J connectivity index is 2.62. The highest BCUT2D eigenvalue weighted by molar-refractivity contribution is 5.18. The molecule has 0 aliphatic carbocycles. The Labute approximate surface area is 111 Å². The molecule has 2 unspecified atom stereocenters. The highest BCUT2D eigenvalue weighted by atomic mass is 19.4. The van der Waals surface area contributed by atoms with Crippen molar-refractivity contribution in [1.82, 2.24) is 0 Å². The van der Waals surface area contributed by atoms with Crippen molar-refractivity contribution in [2.24, 2.45) is 5.92 Å². The van der Waals surface area contributed by atoms with Crippen molar-refractivity contribution < 1.29 is 23.0 Å². The number of aliphatic hydroxyl groups is 1. The summed E-state index contributed by atoms with van der Waals surface area (Å²) >= 11 is 0. The fourth-order valence-corrected chi connectivity index (χ4v) is 1.80. The molecule has 0 spiro atoms. The molecule has 2 nitrogen and oxygen atoms in total. The van der Waals surface area contributed by atoms with Crippen LogP contribution in [0.1, 0.15) is 31.9 Å². The maximum absolute atomic E-state index is 12.1. The SMILES string of the molecule is CC(C)C(OCCC(F)(F)F)C(O)c1ccccc1. The second-order valence-electron chi connectivity index (χ2n) is 4.80. The molecule has 5 heteroatoms. The predicted octanol–water partition coefficient (Wildman–Crippen LogP) is 3.71. The molecule has 2 atom stereocenters. The molecule has 0 saturated heterocycles. The fraction of sp³-hybridized carbons (Fsp3) is 0.571. The largest absolute Gasteiger partial charge is 0.391 e. The van der Waals surface area contributed by atoms with Crippen molar-refractivity contribution >= 4 is 0 Å². The van der Waals surface area contributed by atoms with Crippen LogP contribution in [0, 0.1) is 5.92 Å². The van der Waals surface area contributed by atoms with E-state index in [4.69, 9.17) is 4.74 Å². The number of hydrogen-bond acceptors (Lipinski definition) is 2. The van der Waals surface area contributed by atoms with Gasteiger partial charge in [-0.2, -0.15) is 13.2 Å². The van der Waals surface area contributed by atoms with Crippen molar-refractivity contribution in [2.45, 2.75) is 38.7 Å². The first-order chi connectivity index (χ1) is 8.81. The van der Waals surface area contributed by atoms with E-state index >= 15 is 0 Å². The van der Waals surface area contributed by atoms with Gasteiger partial charge in [0.2, 0.25) is 0 Å². The summed E-state index contributed by atoms with van der Waals surface area (Å²) in [5.74, 6) is -0.0801. The van der Waals surface area contributed by atoms with E-state index < -0.39 is 31.4 Å². The molecule has 0 aromatic heterocycles. The van der Waals surface area contributed by atoms with E-state index in [2.05, 4.69) is 0 Å². The Bertz CT molecular complexity index is 363.